The largest absolute Gasteiger partial charge is 0.464 e. The van der Waals surface area contributed by atoms with Gasteiger partial charge >= 0.3 is 5.97 Å². The summed E-state index contributed by atoms with van der Waals surface area (Å²) in [4.78, 5) is 21.8. The van der Waals surface area contributed by atoms with Crippen molar-refractivity contribution in [2.75, 3.05) is 6.61 Å². The standard InChI is InChI=1S/C8H14N2O3/c1-4-13-8(12)7(5(2)9)10-6(3)11/h7,9H,4H2,1-3H3,(H,10,11). The Morgan fingerprint density at radius 2 is 2.00 bits per heavy atom. The first-order valence-corrected chi connectivity index (χ1v) is 3.97. The molecule has 1 atom stereocenters. The zero-order chi connectivity index (χ0) is 10.4. The van der Waals surface area contributed by atoms with Gasteiger partial charge in [-0.2, -0.15) is 0 Å². The van der Waals surface area contributed by atoms with Crippen LogP contribution in [0.4, 0.5) is 0 Å². The molecule has 0 aliphatic heterocycles. The maximum Gasteiger partial charge on any atom is 0.334 e. The third kappa shape index (κ3) is 4.25. The van der Waals surface area contributed by atoms with Gasteiger partial charge in [0.2, 0.25) is 5.91 Å². The van der Waals surface area contributed by atoms with Crippen LogP contribution >= 0.6 is 0 Å². The van der Waals surface area contributed by atoms with Gasteiger partial charge in [-0.25, -0.2) is 4.79 Å². The van der Waals surface area contributed by atoms with Crippen LogP contribution in [0.25, 0.3) is 0 Å². The molecule has 0 aliphatic carbocycles. The maximum absolute atomic E-state index is 11.1. The van der Waals surface area contributed by atoms with E-state index in [0.717, 1.165) is 0 Å². The highest BCUT2D eigenvalue weighted by Gasteiger charge is 2.22. The Morgan fingerprint density at radius 3 is 2.31 bits per heavy atom. The summed E-state index contributed by atoms with van der Waals surface area (Å²) < 4.78 is 4.67. The summed E-state index contributed by atoms with van der Waals surface area (Å²) in [6.45, 7) is 4.64. The lowest BCUT2D eigenvalue weighted by Crippen LogP contribution is -2.45. The minimum Gasteiger partial charge on any atom is -0.464 e. The average molecular weight is 186 g/mol. The van der Waals surface area contributed by atoms with Gasteiger partial charge in [-0.15, -0.1) is 0 Å². The number of hydrogen-bond acceptors (Lipinski definition) is 4. The van der Waals surface area contributed by atoms with Gasteiger partial charge in [0, 0.05) is 12.6 Å². The molecule has 0 radical (unpaired) electrons. The molecule has 1 unspecified atom stereocenters. The molecule has 2 N–H and O–H groups in total. The van der Waals surface area contributed by atoms with Crippen LogP contribution in [0, 0.1) is 5.41 Å². The van der Waals surface area contributed by atoms with Crippen molar-refractivity contribution in [3.05, 3.63) is 0 Å². The van der Waals surface area contributed by atoms with Crippen LogP contribution < -0.4 is 5.32 Å². The molecule has 0 aromatic carbocycles. The van der Waals surface area contributed by atoms with E-state index < -0.39 is 12.0 Å². The summed E-state index contributed by atoms with van der Waals surface area (Å²) in [6, 6.07) is -0.947. The molecule has 0 spiro atoms. The van der Waals surface area contributed by atoms with E-state index in [1.54, 1.807) is 6.92 Å². The molecule has 0 saturated carbocycles. The van der Waals surface area contributed by atoms with Crippen molar-refractivity contribution in [2.45, 2.75) is 26.8 Å². The van der Waals surface area contributed by atoms with Gasteiger partial charge in [0.25, 0.3) is 0 Å². The van der Waals surface area contributed by atoms with Gasteiger partial charge < -0.3 is 15.5 Å². The highest BCUT2D eigenvalue weighted by Crippen LogP contribution is 1.91. The molecular weight excluding hydrogens is 172 g/mol. The van der Waals surface area contributed by atoms with E-state index in [-0.39, 0.29) is 18.2 Å². The molecule has 13 heavy (non-hydrogen) atoms. The van der Waals surface area contributed by atoms with Crippen LogP contribution in [0.2, 0.25) is 0 Å². The fourth-order valence-corrected chi connectivity index (χ4v) is 0.773. The Kier molecular flexibility index (Phi) is 4.72. The van der Waals surface area contributed by atoms with Crippen molar-refractivity contribution in [1.82, 2.24) is 5.32 Å². The van der Waals surface area contributed by atoms with Gasteiger partial charge in [0.15, 0.2) is 6.04 Å². The number of hydrogen-bond donors (Lipinski definition) is 2. The molecule has 1 amide bonds. The molecule has 0 rings (SSSR count). The van der Waals surface area contributed by atoms with Crippen LogP contribution in [-0.2, 0) is 14.3 Å². The molecule has 74 valence electrons. The molecular formula is C8H14N2O3. The maximum atomic E-state index is 11.1. The van der Waals surface area contributed by atoms with Crippen molar-refractivity contribution >= 4 is 17.6 Å². The molecule has 0 bridgehead atoms. The lowest BCUT2D eigenvalue weighted by Gasteiger charge is -2.14. The fraction of sp³-hybridized carbons (Fsp3) is 0.625. The van der Waals surface area contributed by atoms with Crippen molar-refractivity contribution in [3.8, 4) is 0 Å². The average Bonchev–Trinajstić information content (AvgIpc) is 1.99. The molecule has 0 heterocycles. The fourth-order valence-electron chi connectivity index (χ4n) is 0.773. The molecule has 0 aromatic rings. The number of nitrogens with one attached hydrogen (secondary N) is 2. The van der Waals surface area contributed by atoms with E-state index in [2.05, 4.69) is 10.1 Å². The van der Waals surface area contributed by atoms with Crippen LogP contribution in [-0.4, -0.2) is 30.2 Å². The first-order valence-electron chi connectivity index (χ1n) is 3.97. The first kappa shape index (κ1) is 11.6. The SMILES string of the molecule is CCOC(=O)C(NC(C)=O)C(C)=N. The van der Waals surface area contributed by atoms with E-state index in [4.69, 9.17) is 5.41 Å². The van der Waals surface area contributed by atoms with Gasteiger partial charge in [0.05, 0.1) is 6.61 Å². The molecule has 0 aromatic heterocycles. The van der Waals surface area contributed by atoms with Gasteiger partial charge in [-0.3, -0.25) is 4.79 Å². The number of carbonyl (C=O) groups excluding carboxylic acids is 2. The van der Waals surface area contributed by atoms with E-state index in [0.29, 0.717) is 0 Å². The second kappa shape index (κ2) is 5.29. The van der Waals surface area contributed by atoms with Crippen LogP contribution in [0.1, 0.15) is 20.8 Å². The monoisotopic (exact) mass is 186 g/mol. The Hall–Kier alpha value is -1.39. The first-order chi connectivity index (χ1) is 5.99. The third-order valence-corrected chi connectivity index (χ3v) is 1.30. The van der Waals surface area contributed by atoms with E-state index in [9.17, 15) is 9.59 Å². The van der Waals surface area contributed by atoms with Crippen LogP contribution in [0.15, 0.2) is 0 Å². The van der Waals surface area contributed by atoms with Crippen molar-refractivity contribution < 1.29 is 14.3 Å². The topological polar surface area (TPSA) is 79.2 Å². The van der Waals surface area contributed by atoms with E-state index in [1.165, 1.54) is 13.8 Å². The number of amides is 1. The summed E-state index contributed by atoms with van der Waals surface area (Å²) >= 11 is 0. The Morgan fingerprint density at radius 1 is 1.46 bits per heavy atom. The highest BCUT2D eigenvalue weighted by atomic mass is 16.5. The molecule has 0 aliphatic rings. The molecule has 0 saturated heterocycles. The minimum absolute atomic E-state index is 0.0636. The number of rotatable bonds is 4. The summed E-state index contributed by atoms with van der Waals surface area (Å²) in [5, 5.41) is 9.56. The van der Waals surface area contributed by atoms with Gasteiger partial charge in [-0.05, 0) is 13.8 Å². The number of ether oxygens (including phenoxy) is 1. The van der Waals surface area contributed by atoms with Crippen molar-refractivity contribution in [1.29, 1.82) is 5.41 Å². The van der Waals surface area contributed by atoms with Crippen LogP contribution in [0.3, 0.4) is 0 Å². The smallest absolute Gasteiger partial charge is 0.334 e. The highest BCUT2D eigenvalue weighted by molar-refractivity contribution is 6.05. The second-order valence-corrected chi connectivity index (χ2v) is 2.57. The van der Waals surface area contributed by atoms with Crippen molar-refractivity contribution in [2.24, 2.45) is 0 Å². The predicted octanol–water partition coefficient (Wildman–Crippen LogP) is 0.0939. The zero-order valence-electron chi connectivity index (χ0n) is 8.01. The second-order valence-electron chi connectivity index (χ2n) is 2.57. The predicted molar refractivity (Wildman–Crippen MR) is 47.6 cm³/mol. The van der Waals surface area contributed by atoms with Gasteiger partial charge in [-0.1, -0.05) is 0 Å². The Labute approximate surface area is 77.0 Å². The third-order valence-electron chi connectivity index (χ3n) is 1.30. The quantitative estimate of drug-likeness (QED) is 0.482. The number of esters is 1. The molecule has 5 heteroatoms. The van der Waals surface area contributed by atoms with Crippen LogP contribution in [0.5, 0.6) is 0 Å². The summed E-state index contributed by atoms with van der Waals surface area (Å²) in [6.07, 6.45) is 0. The summed E-state index contributed by atoms with van der Waals surface area (Å²) in [5.41, 5.74) is 0.0636. The lowest BCUT2D eigenvalue weighted by atomic mass is 10.2. The molecule has 0 fully saturated rings. The molecule has 5 nitrogen and oxygen atoms in total. The van der Waals surface area contributed by atoms with E-state index >= 15 is 0 Å². The van der Waals surface area contributed by atoms with E-state index in [1.807, 2.05) is 0 Å². The lowest BCUT2D eigenvalue weighted by molar-refractivity contribution is -0.145. The normalized spacial score (nSPS) is 11.6. The Bertz CT molecular complexity index is 225. The number of carbonyl (C=O) groups is 2. The van der Waals surface area contributed by atoms with Crippen molar-refractivity contribution in [3.63, 3.8) is 0 Å². The Balaban J connectivity index is 4.32. The minimum atomic E-state index is -0.947. The summed E-state index contributed by atoms with van der Waals surface area (Å²) in [7, 11) is 0. The summed E-state index contributed by atoms with van der Waals surface area (Å²) in [5.74, 6) is -0.949. The zero-order valence-corrected chi connectivity index (χ0v) is 8.01. The van der Waals surface area contributed by atoms with Gasteiger partial charge in [0.1, 0.15) is 0 Å².